The molecule has 0 saturated carbocycles. The zero-order chi connectivity index (χ0) is 14.4. The van der Waals surface area contributed by atoms with Crippen LogP contribution in [0.2, 0.25) is 5.02 Å². The topological polar surface area (TPSA) is 30.7 Å². The normalized spacial score (nSPS) is 11.3. The highest BCUT2D eigenvalue weighted by atomic mass is 35.5. The third-order valence-corrected chi connectivity index (χ3v) is 3.89. The lowest BCUT2D eigenvalue weighted by atomic mass is 10.2. The van der Waals surface area contributed by atoms with Crippen molar-refractivity contribution in [3.8, 4) is 5.69 Å². The lowest BCUT2D eigenvalue weighted by molar-refractivity contribution is 1.01. The second kappa shape index (κ2) is 4.57. The Kier molecular flexibility index (Phi) is 2.69. The standard InChI is InChI=1S/C17H12ClN3/c1-11-20-14-4-2-3-5-17(14)21(11)16-8-9-19-15-10-12(18)6-7-13(15)16/h2-10H,1H3. The molecule has 2 aromatic heterocycles. The summed E-state index contributed by atoms with van der Waals surface area (Å²) in [6.07, 6.45) is 1.81. The number of hydrogen-bond acceptors (Lipinski definition) is 2. The van der Waals surface area contributed by atoms with Gasteiger partial charge in [-0.25, -0.2) is 4.98 Å². The highest BCUT2D eigenvalue weighted by Crippen LogP contribution is 2.27. The molecule has 21 heavy (non-hydrogen) atoms. The van der Waals surface area contributed by atoms with Gasteiger partial charge in [0, 0.05) is 16.6 Å². The summed E-state index contributed by atoms with van der Waals surface area (Å²) in [5.74, 6) is 0.957. The van der Waals surface area contributed by atoms with Gasteiger partial charge in [0.25, 0.3) is 0 Å². The van der Waals surface area contributed by atoms with Crippen molar-refractivity contribution >= 4 is 33.5 Å². The maximum Gasteiger partial charge on any atom is 0.111 e. The Morgan fingerprint density at radius 3 is 2.76 bits per heavy atom. The van der Waals surface area contributed by atoms with Gasteiger partial charge < -0.3 is 0 Å². The number of nitrogens with zero attached hydrogens (tertiary/aromatic N) is 3. The summed E-state index contributed by atoms with van der Waals surface area (Å²) in [5.41, 5.74) is 4.05. The molecule has 0 amide bonds. The lowest BCUT2D eigenvalue weighted by Crippen LogP contribution is -1.98. The first-order chi connectivity index (χ1) is 10.2. The van der Waals surface area contributed by atoms with Crippen LogP contribution < -0.4 is 0 Å². The second-order valence-corrected chi connectivity index (χ2v) is 5.41. The van der Waals surface area contributed by atoms with Gasteiger partial charge in [-0.2, -0.15) is 0 Å². The molecular formula is C17H12ClN3. The fourth-order valence-corrected chi connectivity index (χ4v) is 2.92. The van der Waals surface area contributed by atoms with Crippen molar-refractivity contribution in [3.05, 3.63) is 65.6 Å². The molecule has 2 heterocycles. The molecule has 0 N–H and O–H groups in total. The van der Waals surface area contributed by atoms with E-state index in [2.05, 4.69) is 20.6 Å². The van der Waals surface area contributed by atoms with Crippen molar-refractivity contribution in [1.82, 2.24) is 14.5 Å². The van der Waals surface area contributed by atoms with Crippen LogP contribution in [-0.4, -0.2) is 14.5 Å². The fraction of sp³-hybridized carbons (Fsp3) is 0.0588. The fourth-order valence-electron chi connectivity index (χ4n) is 2.75. The molecule has 0 fully saturated rings. The number of halogens is 1. The third kappa shape index (κ3) is 1.89. The highest BCUT2D eigenvalue weighted by Gasteiger charge is 2.11. The largest absolute Gasteiger partial charge is 0.296 e. The van der Waals surface area contributed by atoms with Crippen molar-refractivity contribution in [3.63, 3.8) is 0 Å². The molecule has 0 radical (unpaired) electrons. The Bertz CT molecular complexity index is 972. The van der Waals surface area contributed by atoms with E-state index in [0.29, 0.717) is 5.02 Å². The van der Waals surface area contributed by atoms with Crippen LogP contribution >= 0.6 is 11.6 Å². The van der Waals surface area contributed by atoms with Gasteiger partial charge >= 0.3 is 0 Å². The van der Waals surface area contributed by atoms with E-state index >= 15 is 0 Å². The van der Waals surface area contributed by atoms with Gasteiger partial charge in [0.15, 0.2) is 0 Å². The van der Waals surface area contributed by atoms with E-state index in [1.165, 1.54) is 0 Å². The van der Waals surface area contributed by atoms with Crippen LogP contribution in [0.5, 0.6) is 0 Å². The minimum absolute atomic E-state index is 0.694. The Labute approximate surface area is 126 Å². The summed E-state index contributed by atoms with van der Waals surface area (Å²) < 4.78 is 2.16. The van der Waals surface area contributed by atoms with Crippen LogP contribution in [-0.2, 0) is 0 Å². The number of pyridine rings is 1. The van der Waals surface area contributed by atoms with Crippen LogP contribution in [0, 0.1) is 6.92 Å². The molecule has 2 aromatic carbocycles. The summed E-state index contributed by atoms with van der Waals surface area (Å²) >= 11 is 6.06. The number of benzene rings is 2. The van der Waals surface area contributed by atoms with Crippen molar-refractivity contribution in [1.29, 1.82) is 0 Å². The minimum Gasteiger partial charge on any atom is -0.296 e. The Morgan fingerprint density at radius 1 is 1.00 bits per heavy atom. The van der Waals surface area contributed by atoms with Crippen molar-refractivity contribution in [2.24, 2.45) is 0 Å². The van der Waals surface area contributed by atoms with Gasteiger partial charge in [-0.05, 0) is 43.3 Å². The molecule has 0 bridgehead atoms. The predicted molar refractivity (Wildman–Crippen MR) is 86.1 cm³/mol. The van der Waals surface area contributed by atoms with E-state index in [9.17, 15) is 0 Å². The molecule has 0 saturated heterocycles. The molecule has 0 aliphatic rings. The van der Waals surface area contributed by atoms with Gasteiger partial charge in [0.2, 0.25) is 0 Å². The van der Waals surface area contributed by atoms with E-state index in [4.69, 9.17) is 11.6 Å². The summed E-state index contributed by atoms with van der Waals surface area (Å²) in [6, 6.07) is 15.9. The van der Waals surface area contributed by atoms with Crippen LogP contribution in [0.3, 0.4) is 0 Å². The Balaban J connectivity index is 2.12. The van der Waals surface area contributed by atoms with Gasteiger partial charge in [-0.1, -0.05) is 23.7 Å². The molecule has 3 nitrogen and oxygen atoms in total. The van der Waals surface area contributed by atoms with E-state index in [1.54, 1.807) is 0 Å². The molecule has 0 spiro atoms. The van der Waals surface area contributed by atoms with Gasteiger partial charge in [0.05, 0.1) is 22.2 Å². The number of imidazole rings is 1. The quantitative estimate of drug-likeness (QED) is 0.516. The van der Waals surface area contributed by atoms with Crippen LogP contribution in [0.4, 0.5) is 0 Å². The summed E-state index contributed by atoms with van der Waals surface area (Å²) in [6.45, 7) is 2.02. The number of rotatable bonds is 1. The maximum absolute atomic E-state index is 6.06. The average Bonchev–Trinajstić information content (AvgIpc) is 2.82. The first-order valence-corrected chi connectivity index (χ1v) is 7.10. The van der Waals surface area contributed by atoms with Crippen LogP contribution in [0.25, 0.3) is 27.6 Å². The lowest BCUT2D eigenvalue weighted by Gasteiger charge is -2.10. The summed E-state index contributed by atoms with van der Waals surface area (Å²) in [4.78, 5) is 9.03. The predicted octanol–water partition coefficient (Wildman–Crippen LogP) is 4.54. The smallest absolute Gasteiger partial charge is 0.111 e. The number of hydrogen-bond donors (Lipinski definition) is 0. The Morgan fingerprint density at radius 2 is 1.86 bits per heavy atom. The Hall–Kier alpha value is -2.39. The SMILES string of the molecule is Cc1nc2ccccc2n1-c1ccnc2cc(Cl)ccc12. The van der Waals surface area contributed by atoms with Crippen molar-refractivity contribution < 1.29 is 0 Å². The number of para-hydroxylation sites is 2. The molecule has 0 aliphatic heterocycles. The second-order valence-electron chi connectivity index (χ2n) is 4.97. The van der Waals surface area contributed by atoms with E-state index < -0.39 is 0 Å². The maximum atomic E-state index is 6.06. The number of aromatic nitrogens is 3. The molecule has 0 aliphatic carbocycles. The van der Waals surface area contributed by atoms with E-state index in [0.717, 1.165) is 33.4 Å². The van der Waals surface area contributed by atoms with Crippen LogP contribution in [0.1, 0.15) is 5.82 Å². The number of fused-ring (bicyclic) bond motifs is 2. The van der Waals surface area contributed by atoms with Gasteiger partial charge in [-0.3, -0.25) is 9.55 Å². The van der Waals surface area contributed by atoms with Gasteiger partial charge in [-0.15, -0.1) is 0 Å². The molecular weight excluding hydrogens is 282 g/mol. The molecule has 4 rings (SSSR count). The van der Waals surface area contributed by atoms with Gasteiger partial charge in [0.1, 0.15) is 5.82 Å². The molecule has 102 valence electrons. The average molecular weight is 294 g/mol. The van der Waals surface area contributed by atoms with E-state index in [-0.39, 0.29) is 0 Å². The van der Waals surface area contributed by atoms with Crippen molar-refractivity contribution in [2.45, 2.75) is 6.92 Å². The minimum atomic E-state index is 0.694. The summed E-state index contributed by atoms with van der Waals surface area (Å²) in [7, 11) is 0. The molecule has 4 heteroatoms. The first kappa shape index (κ1) is 12.4. The molecule has 0 unspecified atom stereocenters. The molecule has 4 aromatic rings. The zero-order valence-corrected chi connectivity index (χ0v) is 12.2. The van der Waals surface area contributed by atoms with Crippen LogP contribution in [0.15, 0.2) is 54.7 Å². The zero-order valence-electron chi connectivity index (χ0n) is 11.4. The monoisotopic (exact) mass is 293 g/mol. The van der Waals surface area contributed by atoms with E-state index in [1.807, 2.05) is 55.6 Å². The number of aryl methyl sites for hydroxylation is 1. The highest BCUT2D eigenvalue weighted by molar-refractivity contribution is 6.31. The third-order valence-electron chi connectivity index (χ3n) is 3.65. The summed E-state index contributed by atoms with van der Waals surface area (Å²) in [5, 5.41) is 1.76. The first-order valence-electron chi connectivity index (χ1n) is 6.73. The van der Waals surface area contributed by atoms with Crippen molar-refractivity contribution in [2.75, 3.05) is 0 Å². The molecule has 0 atom stereocenters.